The summed E-state index contributed by atoms with van der Waals surface area (Å²) in [5.41, 5.74) is 3.69. The summed E-state index contributed by atoms with van der Waals surface area (Å²) in [6.45, 7) is 5.30. The fourth-order valence-corrected chi connectivity index (χ4v) is 2.54. The lowest BCUT2D eigenvalue weighted by atomic mass is 9.97. The number of hydrogen-bond donors (Lipinski definition) is 1. The summed E-state index contributed by atoms with van der Waals surface area (Å²) in [6, 6.07) is 10.8. The van der Waals surface area contributed by atoms with Crippen LogP contribution in [0.4, 0.5) is 0 Å². The van der Waals surface area contributed by atoms with Crippen molar-refractivity contribution in [2.24, 2.45) is 0 Å². The van der Waals surface area contributed by atoms with Gasteiger partial charge in [0, 0.05) is 12.4 Å². The molecule has 0 aliphatic carbocycles. The SMILES string of the molecule is CCCNC(c1cccc(CC)c1)c1ccncc1Cl. The zero-order valence-corrected chi connectivity index (χ0v) is 12.8. The number of aromatic nitrogens is 1. The van der Waals surface area contributed by atoms with Crippen molar-refractivity contribution >= 4 is 11.6 Å². The first kappa shape index (κ1) is 15.0. The van der Waals surface area contributed by atoms with Crippen molar-refractivity contribution in [1.82, 2.24) is 10.3 Å². The molecule has 0 saturated heterocycles. The number of pyridine rings is 1. The lowest BCUT2D eigenvalue weighted by molar-refractivity contribution is 0.598. The maximum atomic E-state index is 6.32. The molecule has 0 radical (unpaired) electrons. The van der Waals surface area contributed by atoms with Gasteiger partial charge in [-0.3, -0.25) is 4.98 Å². The summed E-state index contributed by atoms with van der Waals surface area (Å²) < 4.78 is 0. The topological polar surface area (TPSA) is 24.9 Å². The van der Waals surface area contributed by atoms with E-state index in [0.717, 1.165) is 24.9 Å². The number of aryl methyl sites for hydroxylation is 1. The van der Waals surface area contributed by atoms with Crippen LogP contribution < -0.4 is 5.32 Å². The van der Waals surface area contributed by atoms with Gasteiger partial charge in [0.15, 0.2) is 0 Å². The number of benzene rings is 1. The van der Waals surface area contributed by atoms with Crippen LogP contribution in [-0.4, -0.2) is 11.5 Å². The molecule has 2 aromatic rings. The third kappa shape index (κ3) is 3.59. The monoisotopic (exact) mass is 288 g/mol. The molecule has 3 heteroatoms. The van der Waals surface area contributed by atoms with Crippen molar-refractivity contribution in [3.05, 3.63) is 64.4 Å². The molecule has 0 spiro atoms. The van der Waals surface area contributed by atoms with E-state index in [4.69, 9.17) is 11.6 Å². The Morgan fingerprint density at radius 1 is 1.25 bits per heavy atom. The predicted octanol–water partition coefficient (Wildman–Crippen LogP) is 4.39. The molecule has 1 atom stereocenters. The Bertz CT molecular complexity index is 554. The van der Waals surface area contributed by atoms with Crippen LogP contribution in [0.25, 0.3) is 0 Å². The summed E-state index contributed by atoms with van der Waals surface area (Å²) in [6.07, 6.45) is 5.64. The van der Waals surface area contributed by atoms with Crippen LogP contribution in [0, 0.1) is 0 Å². The highest BCUT2D eigenvalue weighted by Crippen LogP contribution is 2.28. The Morgan fingerprint density at radius 2 is 2.10 bits per heavy atom. The minimum Gasteiger partial charge on any atom is -0.306 e. The molecular weight excluding hydrogens is 268 g/mol. The second-order valence-electron chi connectivity index (χ2n) is 4.88. The molecule has 2 rings (SSSR count). The summed E-state index contributed by atoms with van der Waals surface area (Å²) in [7, 11) is 0. The lowest BCUT2D eigenvalue weighted by Gasteiger charge is -2.21. The van der Waals surface area contributed by atoms with Gasteiger partial charge < -0.3 is 5.32 Å². The molecule has 1 heterocycles. The molecule has 0 amide bonds. The Labute approximate surface area is 126 Å². The van der Waals surface area contributed by atoms with E-state index in [1.807, 2.05) is 6.07 Å². The van der Waals surface area contributed by atoms with Gasteiger partial charge in [-0.25, -0.2) is 0 Å². The van der Waals surface area contributed by atoms with Crippen LogP contribution >= 0.6 is 11.6 Å². The molecule has 0 bridgehead atoms. The van der Waals surface area contributed by atoms with E-state index in [2.05, 4.69) is 48.4 Å². The quantitative estimate of drug-likeness (QED) is 0.853. The second kappa shape index (κ2) is 7.41. The highest BCUT2D eigenvalue weighted by Gasteiger charge is 2.16. The van der Waals surface area contributed by atoms with Crippen molar-refractivity contribution in [3.63, 3.8) is 0 Å². The summed E-state index contributed by atoms with van der Waals surface area (Å²) in [4.78, 5) is 4.08. The van der Waals surface area contributed by atoms with Crippen LogP contribution in [0.5, 0.6) is 0 Å². The maximum absolute atomic E-state index is 6.32. The summed E-state index contributed by atoms with van der Waals surface area (Å²) >= 11 is 6.32. The minimum atomic E-state index is 0.122. The number of halogens is 1. The van der Waals surface area contributed by atoms with E-state index < -0.39 is 0 Å². The molecule has 1 aromatic carbocycles. The molecule has 1 N–H and O–H groups in total. The smallest absolute Gasteiger partial charge is 0.0640 e. The highest BCUT2D eigenvalue weighted by atomic mass is 35.5. The first-order chi connectivity index (χ1) is 9.76. The fraction of sp³-hybridized carbons (Fsp3) is 0.353. The molecule has 106 valence electrons. The van der Waals surface area contributed by atoms with E-state index >= 15 is 0 Å². The van der Waals surface area contributed by atoms with Crippen LogP contribution in [0.3, 0.4) is 0 Å². The number of rotatable bonds is 6. The Morgan fingerprint density at radius 3 is 2.80 bits per heavy atom. The van der Waals surface area contributed by atoms with Crippen molar-refractivity contribution < 1.29 is 0 Å². The van der Waals surface area contributed by atoms with Gasteiger partial charge in [-0.15, -0.1) is 0 Å². The van der Waals surface area contributed by atoms with E-state index in [-0.39, 0.29) is 6.04 Å². The second-order valence-corrected chi connectivity index (χ2v) is 5.29. The van der Waals surface area contributed by atoms with Gasteiger partial charge in [-0.2, -0.15) is 0 Å². The van der Waals surface area contributed by atoms with Crippen LogP contribution in [0.2, 0.25) is 5.02 Å². The largest absolute Gasteiger partial charge is 0.306 e. The third-order valence-corrected chi connectivity index (χ3v) is 3.72. The maximum Gasteiger partial charge on any atom is 0.0640 e. The minimum absolute atomic E-state index is 0.122. The van der Waals surface area contributed by atoms with E-state index in [1.54, 1.807) is 12.4 Å². The number of nitrogens with zero attached hydrogens (tertiary/aromatic N) is 1. The van der Waals surface area contributed by atoms with Gasteiger partial charge in [-0.1, -0.05) is 49.7 Å². The van der Waals surface area contributed by atoms with Crippen LogP contribution in [0.1, 0.15) is 43.0 Å². The Balaban J connectivity index is 2.38. The zero-order chi connectivity index (χ0) is 14.4. The van der Waals surface area contributed by atoms with Gasteiger partial charge in [0.2, 0.25) is 0 Å². The first-order valence-corrected chi connectivity index (χ1v) is 7.55. The van der Waals surface area contributed by atoms with E-state index in [0.29, 0.717) is 5.02 Å². The molecule has 2 nitrogen and oxygen atoms in total. The van der Waals surface area contributed by atoms with Gasteiger partial charge in [-0.05, 0) is 42.1 Å². The molecular formula is C17H21ClN2. The third-order valence-electron chi connectivity index (χ3n) is 3.41. The predicted molar refractivity (Wildman–Crippen MR) is 85.2 cm³/mol. The van der Waals surface area contributed by atoms with Gasteiger partial charge >= 0.3 is 0 Å². The number of nitrogens with one attached hydrogen (secondary N) is 1. The zero-order valence-electron chi connectivity index (χ0n) is 12.1. The van der Waals surface area contributed by atoms with Crippen molar-refractivity contribution in [2.75, 3.05) is 6.54 Å². The van der Waals surface area contributed by atoms with E-state index in [1.165, 1.54) is 11.1 Å². The molecule has 20 heavy (non-hydrogen) atoms. The molecule has 1 unspecified atom stereocenters. The highest BCUT2D eigenvalue weighted by molar-refractivity contribution is 6.31. The molecule has 0 fully saturated rings. The van der Waals surface area contributed by atoms with Crippen LogP contribution in [0.15, 0.2) is 42.7 Å². The van der Waals surface area contributed by atoms with Crippen molar-refractivity contribution in [1.29, 1.82) is 0 Å². The average Bonchev–Trinajstić information content (AvgIpc) is 2.49. The van der Waals surface area contributed by atoms with Crippen molar-refractivity contribution in [3.8, 4) is 0 Å². The lowest BCUT2D eigenvalue weighted by Crippen LogP contribution is -2.23. The van der Waals surface area contributed by atoms with Gasteiger partial charge in [0.05, 0.1) is 11.1 Å². The summed E-state index contributed by atoms with van der Waals surface area (Å²) in [5, 5.41) is 4.29. The van der Waals surface area contributed by atoms with E-state index in [9.17, 15) is 0 Å². The average molecular weight is 289 g/mol. The van der Waals surface area contributed by atoms with Gasteiger partial charge in [0.25, 0.3) is 0 Å². The summed E-state index contributed by atoms with van der Waals surface area (Å²) in [5.74, 6) is 0. The molecule has 0 aliphatic heterocycles. The first-order valence-electron chi connectivity index (χ1n) is 7.17. The van der Waals surface area contributed by atoms with Gasteiger partial charge in [0.1, 0.15) is 0 Å². The molecule has 1 aromatic heterocycles. The van der Waals surface area contributed by atoms with Crippen LogP contribution in [-0.2, 0) is 6.42 Å². The standard InChI is InChI=1S/C17H21ClN2/c1-3-9-20-17(15-8-10-19-12-16(15)18)14-7-5-6-13(4-2)11-14/h5-8,10-12,17,20H,3-4,9H2,1-2H3. The normalized spacial score (nSPS) is 12.3. The number of hydrogen-bond acceptors (Lipinski definition) is 2. The Hall–Kier alpha value is -1.38. The molecule has 0 aliphatic rings. The van der Waals surface area contributed by atoms with Crippen molar-refractivity contribution in [2.45, 2.75) is 32.7 Å². The molecule has 0 saturated carbocycles. The Kier molecular flexibility index (Phi) is 5.57. The fourth-order valence-electron chi connectivity index (χ4n) is 2.31.